The molecule has 0 aliphatic carbocycles. The number of carbonyl (C=O) groups excluding carboxylic acids is 1. The van der Waals surface area contributed by atoms with Gasteiger partial charge >= 0.3 is 0 Å². The minimum absolute atomic E-state index is 0. The molecule has 0 bridgehead atoms. The summed E-state index contributed by atoms with van der Waals surface area (Å²) in [6.07, 6.45) is 5.12. The largest absolute Gasteiger partial charge is 1.00 e. The first-order chi connectivity index (χ1) is 17.8. The van der Waals surface area contributed by atoms with Gasteiger partial charge in [0.25, 0.3) is 5.91 Å². The molecule has 0 radical (unpaired) electrons. The van der Waals surface area contributed by atoms with E-state index in [-0.39, 0.29) is 31.5 Å². The van der Waals surface area contributed by atoms with Crippen molar-refractivity contribution in [1.29, 1.82) is 0 Å². The summed E-state index contributed by atoms with van der Waals surface area (Å²) in [6.45, 7) is 1.22. The lowest BCUT2D eigenvalue weighted by Gasteiger charge is -2.19. The van der Waals surface area contributed by atoms with E-state index in [0.717, 1.165) is 16.7 Å². The average Bonchev–Trinajstić information content (AvgIpc) is 3.29. The summed E-state index contributed by atoms with van der Waals surface area (Å²) in [5, 5.41) is 5.63. The van der Waals surface area contributed by atoms with E-state index in [2.05, 4.69) is 5.32 Å². The first kappa shape index (κ1) is 30.6. The number of carbonyl (C=O) groups is 1. The zero-order valence-corrected chi connectivity index (χ0v) is 24.4. The molecule has 4 aromatic rings. The number of nitrogens with zero attached hydrogens (tertiary/aromatic N) is 2. The molecule has 4 rings (SSSR count). The number of halogens is 6. The molecule has 1 heterocycles. The van der Waals surface area contributed by atoms with E-state index in [1.54, 1.807) is 34.9 Å². The van der Waals surface area contributed by atoms with Gasteiger partial charge in [-0.3, -0.25) is 4.79 Å². The van der Waals surface area contributed by atoms with Crippen LogP contribution in [0.15, 0.2) is 79.4 Å². The smallest absolute Gasteiger partial charge is 0.262 e. The summed E-state index contributed by atoms with van der Waals surface area (Å²) in [6, 6.07) is 18.0. The van der Waals surface area contributed by atoms with Gasteiger partial charge < -0.3 is 22.5 Å². The fourth-order valence-corrected chi connectivity index (χ4v) is 4.92. The van der Waals surface area contributed by atoms with Crippen molar-refractivity contribution in [2.75, 3.05) is 0 Å². The quantitative estimate of drug-likeness (QED) is 0.265. The Morgan fingerprint density at radius 2 is 1.61 bits per heavy atom. The van der Waals surface area contributed by atoms with Crippen molar-refractivity contribution in [1.82, 2.24) is 9.88 Å². The van der Waals surface area contributed by atoms with Crippen LogP contribution in [0, 0.1) is 0 Å². The Labute approximate surface area is 252 Å². The monoisotopic (exact) mass is 631 g/mol. The highest BCUT2D eigenvalue weighted by atomic mass is 35.5. The van der Waals surface area contributed by atoms with Gasteiger partial charge in [-0.25, -0.2) is 9.13 Å². The molecule has 1 aromatic heterocycles. The van der Waals surface area contributed by atoms with Gasteiger partial charge in [-0.1, -0.05) is 88.3 Å². The first-order valence-electron chi connectivity index (χ1n) is 11.3. The van der Waals surface area contributed by atoms with Gasteiger partial charge in [0, 0.05) is 37.2 Å². The molecule has 0 fully saturated rings. The minimum Gasteiger partial charge on any atom is -1.00 e. The van der Waals surface area contributed by atoms with Crippen molar-refractivity contribution < 1.29 is 26.5 Å². The molecule has 5 nitrogen and oxygen atoms in total. The molecule has 0 saturated heterocycles. The Hall–Kier alpha value is -1.96. The first-order valence-corrected chi connectivity index (χ1v) is 13.2. The van der Waals surface area contributed by atoms with Gasteiger partial charge in [0.05, 0.1) is 6.61 Å². The number of aromatic nitrogens is 2. The molecule has 1 unspecified atom stereocenters. The number of rotatable bonds is 10. The van der Waals surface area contributed by atoms with E-state index in [9.17, 15) is 4.79 Å². The van der Waals surface area contributed by atoms with E-state index in [0.29, 0.717) is 38.2 Å². The number of hydrogen-bond donors (Lipinski definition) is 1. The van der Waals surface area contributed by atoms with E-state index >= 15 is 0 Å². The van der Waals surface area contributed by atoms with Crippen molar-refractivity contribution in [3.05, 3.63) is 121 Å². The van der Waals surface area contributed by atoms with Gasteiger partial charge in [0.2, 0.25) is 6.33 Å². The van der Waals surface area contributed by atoms with Gasteiger partial charge in [-0.15, -0.1) is 0 Å². The van der Waals surface area contributed by atoms with Crippen LogP contribution >= 0.6 is 58.0 Å². The third kappa shape index (κ3) is 8.52. The number of nitrogens with one attached hydrogen (secondary N) is 1. The zero-order valence-electron chi connectivity index (χ0n) is 19.9. The molecule has 1 N–H and O–H groups in total. The predicted molar refractivity (Wildman–Crippen MR) is 148 cm³/mol. The number of ether oxygens (including phenoxy) is 1. The summed E-state index contributed by atoms with van der Waals surface area (Å²) in [5.41, 5.74) is 2.45. The lowest BCUT2D eigenvalue weighted by molar-refractivity contribution is -0.684. The zero-order chi connectivity index (χ0) is 26.4. The van der Waals surface area contributed by atoms with Crippen LogP contribution in [0.1, 0.15) is 22.8 Å². The van der Waals surface area contributed by atoms with Crippen LogP contribution in [-0.4, -0.2) is 10.5 Å². The van der Waals surface area contributed by atoms with Crippen LogP contribution in [-0.2, 0) is 35.8 Å². The summed E-state index contributed by atoms with van der Waals surface area (Å²) < 4.78 is 9.99. The van der Waals surface area contributed by atoms with Crippen LogP contribution in [0.5, 0.6) is 0 Å². The highest BCUT2D eigenvalue weighted by Crippen LogP contribution is 2.31. The predicted octanol–water partition coefficient (Wildman–Crippen LogP) is 4.32. The Morgan fingerprint density at radius 3 is 2.32 bits per heavy atom. The molecule has 1 atom stereocenters. The fourth-order valence-electron chi connectivity index (χ4n) is 3.72. The van der Waals surface area contributed by atoms with E-state index < -0.39 is 6.10 Å². The molecule has 3 aromatic carbocycles. The third-order valence-corrected chi connectivity index (χ3v) is 7.17. The molecule has 0 spiro atoms. The Morgan fingerprint density at radius 1 is 0.895 bits per heavy atom. The maximum absolute atomic E-state index is 12.5. The number of amides is 1. The molecular weight excluding hydrogens is 611 g/mol. The number of hydrogen-bond acceptors (Lipinski definition) is 2. The molecule has 0 aliphatic heterocycles. The van der Waals surface area contributed by atoms with Crippen molar-refractivity contribution in [3.8, 4) is 0 Å². The molecule has 0 aliphatic rings. The number of imidazole rings is 1. The summed E-state index contributed by atoms with van der Waals surface area (Å²) in [7, 11) is 0. The Balaban J connectivity index is 0.00000400. The SMILES string of the molecule is O=C(C[n+]1ccn(CC(OCc2ccc(Cl)cc2Cl)c2ccc(Cl)cc2Cl)c1)NCc1ccccc1Cl.[Cl-]. The van der Waals surface area contributed by atoms with E-state index in [4.69, 9.17) is 62.7 Å². The molecule has 38 heavy (non-hydrogen) atoms. The maximum Gasteiger partial charge on any atom is 0.262 e. The molecule has 11 heteroatoms. The van der Waals surface area contributed by atoms with E-state index in [1.165, 1.54) is 0 Å². The second kappa shape index (κ2) is 14.4. The highest BCUT2D eigenvalue weighted by molar-refractivity contribution is 6.35. The summed E-state index contributed by atoms with van der Waals surface area (Å²) in [4.78, 5) is 12.5. The molecule has 200 valence electrons. The van der Waals surface area contributed by atoms with Crippen LogP contribution in [0.25, 0.3) is 0 Å². The lowest BCUT2D eigenvalue weighted by Crippen LogP contribution is -3.00. The van der Waals surface area contributed by atoms with Crippen LogP contribution in [0.4, 0.5) is 0 Å². The highest BCUT2D eigenvalue weighted by Gasteiger charge is 2.21. The van der Waals surface area contributed by atoms with E-state index in [1.807, 2.05) is 53.6 Å². The minimum atomic E-state index is -0.411. The second-order valence-corrected chi connectivity index (χ2v) is 10.4. The van der Waals surface area contributed by atoms with Gasteiger partial charge in [0.1, 0.15) is 25.0 Å². The van der Waals surface area contributed by atoms with Gasteiger partial charge in [-0.2, -0.15) is 0 Å². The van der Waals surface area contributed by atoms with Crippen molar-refractivity contribution in [2.24, 2.45) is 0 Å². The van der Waals surface area contributed by atoms with Crippen molar-refractivity contribution in [3.63, 3.8) is 0 Å². The molecular formula is C27H23Cl6N3O2. The standard InChI is InChI=1S/C27H22Cl5N3O2.ClH/c28-20-6-5-19(24(31)11-20)16-37-26(22-8-7-21(29)12-25(22)32)14-34-9-10-35(17-34)15-27(36)33-13-18-3-1-2-4-23(18)30;/h1-12,17,26H,13-16H2;1H. The normalized spacial score (nSPS) is 11.6. The average molecular weight is 634 g/mol. The fraction of sp³-hybridized carbons (Fsp3) is 0.185. The molecule has 0 saturated carbocycles. The Kier molecular flexibility index (Phi) is 11.6. The van der Waals surface area contributed by atoms with Gasteiger partial charge in [-0.05, 0) is 41.5 Å². The third-order valence-electron chi connectivity index (χ3n) is 5.65. The van der Waals surface area contributed by atoms with Crippen molar-refractivity contribution in [2.45, 2.75) is 32.3 Å². The van der Waals surface area contributed by atoms with Crippen LogP contribution in [0.2, 0.25) is 25.1 Å². The molecule has 1 amide bonds. The van der Waals surface area contributed by atoms with Crippen LogP contribution in [0.3, 0.4) is 0 Å². The van der Waals surface area contributed by atoms with Gasteiger partial charge in [0.15, 0.2) is 6.54 Å². The second-order valence-electron chi connectivity index (χ2n) is 8.35. The summed E-state index contributed by atoms with van der Waals surface area (Å²) >= 11 is 31.1. The lowest BCUT2D eigenvalue weighted by atomic mass is 10.1. The summed E-state index contributed by atoms with van der Waals surface area (Å²) in [5.74, 6) is -0.131. The maximum atomic E-state index is 12.5. The van der Waals surface area contributed by atoms with Crippen molar-refractivity contribution >= 4 is 63.9 Å². The van der Waals surface area contributed by atoms with Crippen LogP contribution < -0.4 is 22.3 Å². The Bertz CT molecular complexity index is 1390. The topological polar surface area (TPSA) is 47.1 Å². The number of benzene rings is 3.